The number of halogens is 4. The molecule has 0 atom stereocenters. The van der Waals surface area contributed by atoms with E-state index in [9.17, 15) is 31.2 Å². The van der Waals surface area contributed by atoms with Crippen molar-refractivity contribution in [3.8, 4) is 0 Å². The third-order valence-corrected chi connectivity index (χ3v) is 7.24. The van der Waals surface area contributed by atoms with Crippen LogP contribution in [-0.2, 0) is 22.7 Å². The zero-order valence-electron chi connectivity index (χ0n) is 17.1. The number of carbonyl (C=O) groups excluding carboxylic acids is 2. The van der Waals surface area contributed by atoms with Crippen molar-refractivity contribution in [2.75, 3.05) is 13.1 Å². The van der Waals surface area contributed by atoms with Gasteiger partial charge in [-0.15, -0.1) is 0 Å². The molecule has 2 heterocycles. The second-order valence-electron chi connectivity index (χ2n) is 8.06. The fraction of sp³-hybridized carbons (Fsp3) is 0.333. The summed E-state index contributed by atoms with van der Waals surface area (Å²) in [5.74, 6) is -1.18. The maximum Gasteiger partial charge on any atom is 0.416 e. The predicted molar refractivity (Wildman–Crippen MR) is 113 cm³/mol. The van der Waals surface area contributed by atoms with Gasteiger partial charge in [0.2, 0.25) is 10.0 Å². The number of hydrogen-bond donors (Lipinski definition) is 1. The van der Waals surface area contributed by atoms with Crippen LogP contribution < -0.4 is 5.14 Å². The Labute approximate surface area is 193 Å². The summed E-state index contributed by atoms with van der Waals surface area (Å²) in [7, 11) is -4.18. The van der Waals surface area contributed by atoms with Gasteiger partial charge in [0, 0.05) is 25.7 Å². The highest BCUT2D eigenvalue weighted by molar-refractivity contribution is 7.89. The van der Waals surface area contributed by atoms with Crippen molar-refractivity contribution in [3.05, 3.63) is 63.7 Å². The standard InChI is InChI=1S/C21H19ClF3N3O4S/c22-17-9-15-16(10-18(17)33(26,31)32)20(30)28(19(15)29)14-4-6-27(7-5-14)11-12-2-1-3-13(8-12)21(23,24)25/h1-3,8-10,14H,4-7,11H2,(H2,26,31,32). The molecular formula is C21H19ClF3N3O4S. The molecule has 176 valence electrons. The molecule has 0 unspecified atom stereocenters. The fourth-order valence-electron chi connectivity index (χ4n) is 4.25. The Bertz CT molecular complexity index is 1240. The highest BCUT2D eigenvalue weighted by Gasteiger charge is 2.42. The lowest BCUT2D eigenvalue weighted by Crippen LogP contribution is -2.47. The highest BCUT2D eigenvalue weighted by Crippen LogP contribution is 2.34. The monoisotopic (exact) mass is 501 g/mol. The van der Waals surface area contributed by atoms with Gasteiger partial charge in [-0.3, -0.25) is 19.4 Å². The second-order valence-corrected chi connectivity index (χ2v) is 10.00. The molecule has 33 heavy (non-hydrogen) atoms. The molecule has 2 aliphatic rings. The zero-order chi connectivity index (χ0) is 24.1. The van der Waals surface area contributed by atoms with Crippen molar-refractivity contribution in [2.24, 2.45) is 5.14 Å². The number of rotatable bonds is 4. The normalized spacial score (nSPS) is 18.2. The number of carbonyl (C=O) groups is 2. The average molecular weight is 502 g/mol. The number of amides is 2. The Morgan fingerprint density at radius 3 is 2.21 bits per heavy atom. The molecule has 2 aliphatic heterocycles. The molecule has 7 nitrogen and oxygen atoms in total. The SMILES string of the molecule is NS(=O)(=O)c1cc2c(cc1Cl)C(=O)N(C1CCN(Cc3cccc(C(F)(F)F)c3)CC1)C2=O. The summed E-state index contributed by atoms with van der Waals surface area (Å²) in [5.41, 5.74) is -0.240. The number of sulfonamides is 1. The van der Waals surface area contributed by atoms with Crippen molar-refractivity contribution < 1.29 is 31.2 Å². The molecule has 4 rings (SSSR count). The van der Waals surface area contributed by atoms with Gasteiger partial charge in [-0.1, -0.05) is 29.8 Å². The number of likely N-dealkylation sites (tertiary alicyclic amines) is 1. The Hall–Kier alpha value is -2.47. The molecule has 0 bridgehead atoms. The van der Waals surface area contributed by atoms with Gasteiger partial charge in [-0.2, -0.15) is 13.2 Å². The topological polar surface area (TPSA) is 101 Å². The Morgan fingerprint density at radius 1 is 1.03 bits per heavy atom. The first-order chi connectivity index (χ1) is 15.4. The third kappa shape index (κ3) is 4.63. The number of fused-ring (bicyclic) bond motifs is 1. The predicted octanol–water partition coefficient (Wildman–Crippen LogP) is 3.27. The Balaban J connectivity index is 1.46. The minimum atomic E-state index is -4.42. The number of primary sulfonamides is 1. The Kier molecular flexibility index (Phi) is 6.02. The van der Waals surface area contributed by atoms with E-state index in [0.29, 0.717) is 38.0 Å². The number of piperidine rings is 1. The molecular weight excluding hydrogens is 483 g/mol. The average Bonchev–Trinajstić information content (AvgIpc) is 2.96. The molecule has 1 fully saturated rings. The number of nitrogens with two attached hydrogens (primary N) is 1. The van der Waals surface area contributed by atoms with Crippen LogP contribution in [-0.4, -0.2) is 49.2 Å². The number of nitrogens with zero attached hydrogens (tertiary/aromatic N) is 2. The van der Waals surface area contributed by atoms with Gasteiger partial charge in [0.1, 0.15) is 4.90 Å². The lowest BCUT2D eigenvalue weighted by atomic mass is 10.0. The van der Waals surface area contributed by atoms with Crippen molar-refractivity contribution in [1.82, 2.24) is 9.80 Å². The zero-order valence-corrected chi connectivity index (χ0v) is 18.7. The van der Waals surface area contributed by atoms with E-state index in [1.807, 2.05) is 4.90 Å². The first-order valence-electron chi connectivity index (χ1n) is 9.99. The summed E-state index contributed by atoms with van der Waals surface area (Å²) in [6.07, 6.45) is -3.55. The van der Waals surface area contributed by atoms with Crippen LogP contribution in [0.25, 0.3) is 0 Å². The molecule has 12 heteroatoms. The minimum absolute atomic E-state index is 0.0174. The van der Waals surface area contributed by atoms with Crippen molar-refractivity contribution in [2.45, 2.75) is 36.5 Å². The van der Waals surface area contributed by atoms with E-state index in [2.05, 4.69) is 0 Å². The van der Waals surface area contributed by atoms with Crippen LogP contribution in [0.1, 0.15) is 44.7 Å². The third-order valence-electron chi connectivity index (χ3n) is 5.86. The Morgan fingerprint density at radius 2 is 1.64 bits per heavy atom. The van der Waals surface area contributed by atoms with Gasteiger partial charge >= 0.3 is 6.18 Å². The minimum Gasteiger partial charge on any atom is -0.299 e. The largest absolute Gasteiger partial charge is 0.416 e. The van der Waals surface area contributed by atoms with Crippen LogP contribution in [0.4, 0.5) is 13.2 Å². The number of imide groups is 1. The van der Waals surface area contributed by atoms with Crippen LogP contribution in [0.3, 0.4) is 0 Å². The maximum atomic E-state index is 12.9. The molecule has 0 aliphatic carbocycles. The van der Waals surface area contributed by atoms with E-state index in [-0.39, 0.29) is 16.1 Å². The van der Waals surface area contributed by atoms with E-state index in [0.717, 1.165) is 29.2 Å². The van der Waals surface area contributed by atoms with Crippen LogP contribution in [0.15, 0.2) is 41.3 Å². The van der Waals surface area contributed by atoms with E-state index < -0.39 is 44.5 Å². The van der Waals surface area contributed by atoms with Gasteiger partial charge in [-0.25, -0.2) is 13.6 Å². The molecule has 0 aromatic heterocycles. The summed E-state index contributed by atoms with van der Waals surface area (Å²) in [4.78, 5) is 28.4. The maximum absolute atomic E-state index is 12.9. The van der Waals surface area contributed by atoms with Crippen LogP contribution in [0.2, 0.25) is 5.02 Å². The first-order valence-corrected chi connectivity index (χ1v) is 11.9. The van der Waals surface area contributed by atoms with Gasteiger partial charge in [0.25, 0.3) is 11.8 Å². The molecule has 2 aromatic rings. The molecule has 2 N–H and O–H groups in total. The summed E-state index contributed by atoms with van der Waals surface area (Å²) in [6.45, 7) is 1.25. The van der Waals surface area contributed by atoms with Crippen molar-refractivity contribution >= 4 is 33.4 Å². The number of hydrogen-bond acceptors (Lipinski definition) is 5. The quantitative estimate of drug-likeness (QED) is 0.648. The summed E-state index contributed by atoms with van der Waals surface area (Å²) in [6, 6.07) is 6.86. The summed E-state index contributed by atoms with van der Waals surface area (Å²) < 4.78 is 62.2. The fourth-order valence-corrected chi connectivity index (χ4v) is 5.35. The van der Waals surface area contributed by atoms with Crippen molar-refractivity contribution in [1.29, 1.82) is 0 Å². The number of alkyl halides is 3. The molecule has 0 radical (unpaired) electrons. The van der Waals surface area contributed by atoms with Crippen molar-refractivity contribution in [3.63, 3.8) is 0 Å². The van der Waals surface area contributed by atoms with Crippen LogP contribution in [0, 0.1) is 0 Å². The summed E-state index contributed by atoms with van der Waals surface area (Å²) in [5, 5.41) is 4.89. The van der Waals surface area contributed by atoms with E-state index >= 15 is 0 Å². The lowest BCUT2D eigenvalue weighted by molar-refractivity contribution is -0.137. The van der Waals surface area contributed by atoms with Crippen LogP contribution >= 0.6 is 11.6 Å². The van der Waals surface area contributed by atoms with Gasteiger partial charge in [-0.05, 0) is 36.6 Å². The van der Waals surface area contributed by atoms with E-state index in [1.54, 1.807) is 6.07 Å². The lowest BCUT2D eigenvalue weighted by Gasteiger charge is -2.35. The molecule has 0 saturated carbocycles. The number of benzene rings is 2. The molecule has 0 spiro atoms. The van der Waals surface area contributed by atoms with Gasteiger partial charge < -0.3 is 0 Å². The van der Waals surface area contributed by atoms with Crippen LogP contribution in [0.5, 0.6) is 0 Å². The van der Waals surface area contributed by atoms with Gasteiger partial charge in [0.15, 0.2) is 0 Å². The van der Waals surface area contributed by atoms with Gasteiger partial charge in [0.05, 0.1) is 21.7 Å². The first kappa shape index (κ1) is 23.7. The highest BCUT2D eigenvalue weighted by atomic mass is 35.5. The molecule has 2 aromatic carbocycles. The summed E-state index contributed by atoms with van der Waals surface area (Å²) >= 11 is 5.96. The molecule has 2 amide bonds. The van der Waals surface area contributed by atoms with E-state index in [1.165, 1.54) is 6.07 Å². The van der Waals surface area contributed by atoms with E-state index in [4.69, 9.17) is 16.7 Å². The second kappa shape index (κ2) is 8.39. The smallest absolute Gasteiger partial charge is 0.299 e. The molecule has 1 saturated heterocycles.